The first-order chi connectivity index (χ1) is 13.9. The first-order valence-corrected chi connectivity index (χ1v) is 9.69. The second kappa shape index (κ2) is 10.5. The van der Waals surface area contributed by atoms with Crippen LogP contribution in [-0.2, 0) is 14.3 Å². The fourth-order valence-corrected chi connectivity index (χ4v) is 3.05. The van der Waals surface area contributed by atoms with Crippen LogP contribution in [0.3, 0.4) is 0 Å². The van der Waals surface area contributed by atoms with E-state index in [0.29, 0.717) is 17.2 Å². The Morgan fingerprint density at radius 1 is 0.966 bits per heavy atom. The van der Waals surface area contributed by atoms with E-state index in [4.69, 9.17) is 14.2 Å². The van der Waals surface area contributed by atoms with Gasteiger partial charge in [-0.25, -0.2) is 0 Å². The van der Waals surface area contributed by atoms with Gasteiger partial charge in [-0.1, -0.05) is 50.6 Å². The van der Waals surface area contributed by atoms with Crippen LogP contribution in [0, 0.1) is 5.92 Å². The van der Waals surface area contributed by atoms with E-state index >= 15 is 0 Å². The maximum absolute atomic E-state index is 12.9. The summed E-state index contributed by atoms with van der Waals surface area (Å²) in [5.41, 5.74) is 1.41. The lowest BCUT2D eigenvalue weighted by Gasteiger charge is -2.24. The van der Waals surface area contributed by atoms with Crippen LogP contribution in [0.1, 0.15) is 38.7 Å². The van der Waals surface area contributed by atoms with E-state index in [0.717, 1.165) is 12.0 Å². The maximum Gasteiger partial charge on any atom is 0.314 e. The minimum absolute atomic E-state index is 0.0889. The Morgan fingerprint density at radius 2 is 1.62 bits per heavy atom. The molecule has 156 valence electrons. The topological polar surface area (TPSA) is 73.9 Å². The molecule has 0 saturated carbocycles. The van der Waals surface area contributed by atoms with Gasteiger partial charge >= 0.3 is 5.97 Å². The van der Waals surface area contributed by atoms with Gasteiger partial charge in [0.1, 0.15) is 0 Å². The molecule has 0 unspecified atom stereocenters. The third-order valence-corrected chi connectivity index (χ3v) is 4.94. The maximum atomic E-state index is 12.9. The number of amides is 1. The zero-order valence-corrected chi connectivity index (χ0v) is 17.6. The van der Waals surface area contributed by atoms with Crippen LogP contribution in [0.4, 0.5) is 5.69 Å². The summed E-state index contributed by atoms with van der Waals surface area (Å²) in [5, 5.41) is 2.74. The molecule has 6 nitrogen and oxygen atoms in total. The Morgan fingerprint density at radius 3 is 2.21 bits per heavy atom. The molecule has 2 rings (SSSR count). The lowest BCUT2D eigenvalue weighted by Crippen LogP contribution is -2.33. The number of methoxy groups -OCH3 is 2. The third kappa shape index (κ3) is 5.73. The Kier molecular flexibility index (Phi) is 8.07. The zero-order valence-electron chi connectivity index (χ0n) is 17.6. The highest BCUT2D eigenvalue weighted by atomic mass is 16.5. The highest BCUT2D eigenvalue weighted by Crippen LogP contribution is 2.30. The number of nitrogens with one attached hydrogen (secondary N) is 1. The van der Waals surface area contributed by atoms with Crippen LogP contribution < -0.4 is 14.8 Å². The van der Waals surface area contributed by atoms with E-state index in [1.54, 1.807) is 25.1 Å². The van der Waals surface area contributed by atoms with Crippen LogP contribution in [-0.4, -0.2) is 32.2 Å². The van der Waals surface area contributed by atoms with Gasteiger partial charge in [-0.05, 0) is 30.5 Å². The van der Waals surface area contributed by atoms with Crippen molar-refractivity contribution in [1.82, 2.24) is 0 Å². The normalized spacial score (nSPS) is 13.7. The molecule has 0 aliphatic rings. The van der Waals surface area contributed by atoms with Gasteiger partial charge in [0.2, 0.25) is 0 Å². The average molecular weight is 399 g/mol. The number of anilines is 1. The van der Waals surface area contributed by atoms with Crippen LogP contribution >= 0.6 is 0 Å². The predicted octanol–water partition coefficient (Wildman–Crippen LogP) is 4.40. The van der Waals surface area contributed by atoms with Gasteiger partial charge in [-0.15, -0.1) is 0 Å². The molecule has 29 heavy (non-hydrogen) atoms. The number of rotatable bonds is 9. The molecule has 0 spiro atoms. The second-order valence-corrected chi connectivity index (χ2v) is 6.91. The molecular formula is C23H29NO5. The van der Waals surface area contributed by atoms with E-state index in [9.17, 15) is 9.59 Å². The number of hydrogen-bond acceptors (Lipinski definition) is 5. The summed E-state index contributed by atoms with van der Waals surface area (Å²) in [4.78, 5) is 25.4. The Labute approximate surface area is 172 Å². The summed E-state index contributed by atoms with van der Waals surface area (Å²) in [6, 6.07) is 14.5. The number of ether oxygens (including phenoxy) is 3. The van der Waals surface area contributed by atoms with Crippen LogP contribution in [0.15, 0.2) is 48.5 Å². The molecule has 1 amide bonds. The number of benzene rings is 2. The number of esters is 1. The lowest BCUT2D eigenvalue weighted by atomic mass is 9.85. The van der Waals surface area contributed by atoms with Gasteiger partial charge in [-0.3, -0.25) is 9.59 Å². The smallest absolute Gasteiger partial charge is 0.314 e. The summed E-state index contributed by atoms with van der Waals surface area (Å²) in [5.74, 6) is -0.0920. The summed E-state index contributed by atoms with van der Waals surface area (Å²) in [6.45, 7) is 5.60. The van der Waals surface area contributed by atoms with Crippen molar-refractivity contribution >= 4 is 17.6 Å². The summed E-state index contributed by atoms with van der Waals surface area (Å²) in [6.07, 6.45) is -0.119. The second-order valence-electron chi connectivity index (χ2n) is 6.91. The molecule has 6 heteroatoms. The monoisotopic (exact) mass is 399 g/mol. The van der Waals surface area contributed by atoms with E-state index < -0.39 is 23.9 Å². The van der Waals surface area contributed by atoms with Crippen molar-refractivity contribution in [3.63, 3.8) is 0 Å². The number of carbonyl (C=O) groups excluding carboxylic acids is 2. The predicted molar refractivity (Wildman–Crippen MR) is 112 cm³/mol. The number of hydrogen-bond donors (Lipinski definition) is 1. The van der Waals surface area contributed by atoms with Crippen molar-refractivity contribution in [2.75, 3.05) is 19.5 Å². The molecule has 1 N–H and O–H groups in total. The van der Waals surface area contributed by atoms with E-state index in [-0.39, 0.29) is 5.92 Å². The molecule has 0 aromatic heterocycles. The van der Waals surface area contributed by atoms with Gasteiger partial charge in [0, 0.05) is 11.8 Å². The molecule has 0 aliphatic heterocycles. The van der Waals surface area contributed by atoms with Gasteiger partial charge in [0.15, 0.2) is 17.6 Å². The SMILES string of the molecule is CC[C@@H](C)[C@H](C(=O)O[C@@H](C)C(=O)Nc1ccc(OC)c(OC)c1)c1ccccc1. The average Bonchev–Trinajstić information content (AvgIpc) is 2.74. The highest BCUT2D eigenvalue weighted by molar-refractivity contribution is 5.95. The van der Waals surface area contributed by atoms with Crippen LogP contribution in [0.2, 0.25) is 0 Å². The van der Waals surface area contributed by atoms with Gasteiger partial charge in [-0.2, -0.15) is 0 Å². The van der Waals surface area contributed by atoms with Crippen LogP contribution in [0.25, 0.3) is 0 Å². The van der Waals surface area contributed by atoms with Crippen molar-refractivity contribution < 1.29 is 23.8 Å². The minimum Gasteiger partial charge on any atom is -0.493 e. The molecule has 0 fully saturated rings. The van der Waals surface area contributed by atoms with Gasteiger partial charge in [0.25, 0.3) is 5.91 Å². The zero-order chi connectivity index (χ0) is 21.4. The first kappa shape index (κ1) is 22.3. The van der Waals surface area contributed by atoms with Gasteiger partial charge in [0.05, 0.1) is 20.1 Å². The van der Waals surface area contributed by atoms with Crippen molar-refractivity contribution in [3.8, 4) is 11.5 Å². The van der Waals surface area contributed by atoms with Crippen LogP contribution in [0.5, 0.6) is 11.5 Å². The minimum atomic E-state index is -0.939. The molecule has 0 heterocycles. The van der Waals surface area contributed by atoms with E-state index in [1.165, 1.54) is 14.2 Å². The Balaban J connectivity index is 2.08. The van der Waals surface area contributed by atoms with E-state index in [1.807, 2.05) is 44.2 Å². The molecule has 0 bridgehead atoms. The fourth-order valence-electron chi connectivity index (χ4n) is 3.05. The Bertz CT molecular complexity index is 821. The lowest BCUT2D eigenvalue weighted by molar-refractivity contribution is -0.155. The number of carbonyl (C=O) groups is 2. The first-order valence-electron chi connectivity index (χ1n) is 9.69. The largest absolute Gasteiger partial charge is 0.493 e. The van der Waals surface area contributed by atoms with Crippen molar-refractivity contribution in [1.29, 1.82) is 0 Å². The van der Waals surface area contributed by atoms with Crippen molar-refractivity contribution in [3.05, 3.63) is 54.1 Å². The van der Waals surface area contributed by atoms with E-state index in [2.05, 4.69) is 5.32 Å². The quantitative estimate of drug-likeness (QED) is 0.633. The van der Waals surface area contributed by atoms with Crippen molar-refractivity contribution in [2.24, 2.45) is 5.92 Å². The van der Waals surface area contributed by atoms with Crippen molar-refractivity contribution in [2.45, 2.75) is 39.2 Å². The standard InChI is InChI=1S/C23H29NO5/c1-6-15(2)21(17-10-8-7-9-11-17)23(26)29-16(3)22(25)24-18-12-13-19(27-4)20(14-18)28-5/h7-16,21H,6H2,1-5H3,(H,24,25)/t15-,16+,21+/m1/s1. The molecule has 0 radical (unpaired) electrons. The molecule has 0 aliphatic carbocycles. The molecular weight excluding hydrogens is 370 g/mol. The fraction of sp³-hybridized carbons (Fsp3) is 0.391. The molecule has 2 aromatic rings. The van der Waals surface area contributed by atoms with Gasteiger partial charge < -0.3 is 19.5 Å². The summed E-state index contributed by atoms with van der Waals surface area (Å²) < 4.78 is 16.0. The third-order valence-electron chi connectivity index (χ3n) is 4.94. The highest BCUT2D eigenvalue weighted by Gasteiger charge is 2.30. The molecule has 2 aromatic carbocycles. The Hall–Kier alpha value is -3.02. The summed E-state index contributed by atoms with van der Waals surface area (Å²) in [7, 11) is 3.06. The summed E-state index contributed by atoms with van der Waals surface area (Å²) >= 11 is 0. The molecule has 0 saturated heterocycles. The molecule has 3 atom stereocenters.